The zero-order valence-corrected chi connectivity index (χ0v) is 12.6. The van der Waals surface area contributed by atoms with Crippen molar-refractivity contribution >= 4 is 16.0 Å². The normalized spacial score (nSPS) is 23.8. The smallest absolute Gasteiger partial charge is 0.371 e. The summed E-state index contributed by atoms with van der Waals surface area (Å²) < 4.78 is 31.1. The summed E-state index contributed by atoms with van der Waals surface area (Å²) in [5, 5.41) is 18.1. The van der Waals surface area contributed by atoms with Crippen molar-refractivity contribution in [3.8, 4) is 0 Å². The first-order valence-corrected chi connectivity index (χ1v) is 7.83. The van der Waals surface area contributed by atoms with Gasteiger partial charge in [-0.1, -0.05) is 0 Å². The van der Waals surface area contributed by atoms with E-state index in [0.717, 1.165) is 12.1 Å². The number of hydrogen-bond donors (Lipinski definition) is 2. The third-order valence-electron chi connectivity index (χ3n) is 3.27. The second-order valence-electron chi connectivity index (χ2n) is 5.30. The second-order valence-corrected chi connectivity index (χ2v) is 7.13. The van der Waals surface area contributed by atoms with Gasteiger partial charge in [0.15, 0.2) is 0 Å². The maximum atomic E-state index is 12.5. The van der Waals surface area contributed by atoms with Crippen molar-refractivity contribution in [1.82, 2.24) is 9.21 Å². The maximum absolute atomic E-state index is 12.5. The molecule has 2 atom stereocenters. The van der Waals surface area contributed by atoms with E-state index in [1.807, 2.05) is 19.0 Å². The SMILES string of the molecule is CN(C)CC1CC(O)CN1S(=O)(=O)c1ccc(C(=O)O)o1. The number of nitrogens with zero attached hydrogens (tertiary/aromatic N) is 2. The Balaban J connectivity index is 2.30. The van der Waals surface area contributed by atoms with E-state index >= 15 is 0 Å². The lowest BCUT2D eigenvalue weighted by atomic mass is 10.2. The highest BCUT2D eigenvalue weighted by Crippen LogP contribution is 2.27. The number of likely N-dealkylation sites (N-methyl/N-ethyl adjacent to an activating group) is 1. The second kappa shape index (κ2) is 5.76. The van der Waals surface area contributed by atoms with Gasteiger partial charge in [-0.2, -0.15) is 4.31 Å². The Morgan fingerprint density at radius 3 is 2.67 bits per heavy atom. The van der Waals surface area contributed by atoms with Gasteiger partial charge in [0.1, 0.15) is 0 Å². The molecule has 2 N–H and O–H groups in total. The quantitative estimate of drug-likeness (QED) is 0.764. The molecule has 2 heterocycles. The van der Waals surface area contributed by atoms with E-state index in [9.17, 15) is 18.3 Å². The van der Waals surface area contributed by atoms with Crippen LogP contribution in [0.1, 0.15) is 17.0 Å². The van der Waals surface area contributed by atoms with E-state index < -0.39 is 32.9 Å². The number of aliphatic hydroxyl groups excluding tert-OH is 1. The highest BCUT2D eigenvalue weighted by Gasteiger charge is 2.41. The zero-order chi connectivity index (χ0) is 15.8. The molecule has 0 aromatic carbocycles. The van der Waals surface area contributed by atoms with Crippen LogP contribution in [-0.2, 0) is 10.0 Å². The van der Waals surface area contributed by atoms with Crippen molar-refractivity contribution in [3.05, 3.63) is 17.9 Å². The van der Waals surface area contributed by atoms with Gasteiger partial charge in [0.25, 0.3) is 10.0 Å². The number of hydrogen-bond acceptors (Lipinski definition) is 6. The predicted octanol–water partition coefficient (Wildman–Crippen LogP) is -0.337. The fourth-order valence-electron chi connectivity index (χ4n) is 2.43. The van der Waals surface area contributed by atoms with Gasteiger partial charge in [0.2, 0.25) is 10.9 Å². The van der Waals surface area contributed by atoms with Crippen LogP contribution in [0, 0.1) is 0 Å². The van der Waals surface area contributed by atoms with Crippen LogP contribution in [0.4, 0.5) is 0 Å². The Kier molecular flexibility index (Phi) is 4.38. The van der Waals surface area contributed by atoms with Gasteiger partial charge in [-0.15, -0.1) is 0 Å². The number of carboxylic acids is 1. The van der Waals surface area contributed by atoms with E-state index in [-0.39, 0.29) is 12.6 Å². The molecule has 1 aliphatic rings. The molecule has 1 aliphatic heterocycles. The van der Waals surface area contributed by atoms with E-state index in [4.69, 9.17) is 9.52 Å². The van der Waals surface area contributed by atoms with Crippen molar-refractivity contribution in [2.45, 2.75) is 23.7 Å². The van der Waals surface area contributed by atoms with Crippen molar-refractivity contribution < 1.29 is 27.8 Å². The van der Waals surface area contributed by atoms with Gasteiger partial charge in [0.05, 0.1) is 6.10 Å². The van der Waals surface area contributed by atoms with E-state index in [1.54, 1.807) is 0 Å². The minimum Gasteiger partial charge on any atom is -0.475 e. The number of β-amino-alcohol motifs (C(OH)–C–C–N with tert-alkyl or cyclic N) is 1. The van der Waals surface area contributed by atoms with Crippen LogP contribution >= 0.6 is 0 Å². The molecular formula is C12H18N2O6S. The Hall–Kier alpha value is -1.42. The number of furan rings is 1. The van der Waals surface area contributed by atoms with Gasteiger partial charge >= 0.3 is 5.97 Å². The van der Waals surface area contributed by atoms with Crippen LogP contribution in [0.2, 0.25) is 0 Å². The van der Waals surface area contributed by atoms with Gasteiger partial charge in [0, 0.05) is 19.1 Å². The number of aliphatic hydroxyl groups is 1. The highest BCUT2D eigenvalue weighted by molar-refractivity contribution is 7.89. The summed E-state index contributed by atoms with van der Waals surface area (Å²) in [6.45, 7) is 0.437. The van der Waals surface area contributed by atoms with Crippen LogP contribution < -0.4 is 0 Å². The Morgan fingerprint density at radius 1 is 1.48 bits per heavy atom. The summed E-state index contributed by atoms with van der Waals surface area (Å²) in [6.07, 6.45) is -0.400. The van der Waals surface area contributed by atoms with Gasteiger partial charge in [-0.3, -0.25) is 0 Å². The van der Waals surface area contributed by atoms with Crippen LogP contribution in [0.25, 0.3) is 0 Å². The fraction of sp³-hybridized carbons (Fsp3) is 0.583. The monoisotopic (exact) mass is 318 g/mol. The fourth-order valence-corrected chi connectivity index (χ4v) is 4.01. The molecule has 2 unspecified atom stereocenters. The highest BCUT2D eigenvalue weighted by atomic mass is 32.2. The first-order valence-electron chi connectivity index (χ1n) is 6.39. The first-order chi connectivity index (χ1) is 9.71. The van der Waals surface area contributed by atoms with Crippen LogP contribution in [0.3, 0.4) is 0 Å². The number of carboxylic acid groups (broad SMARTS) is 1. The van der Waals surface area contributed by atoms with Crippen LogP contribution in [0.15, 0.2) is 21.6 Å². The molecular weight excluding hydrogens is 300 g/mol. The molecule has 0 aliphatic carbocycles. The number of sulfonamides is 1. The molecule has 1 aromatic rings. The molecule has 0 bridgehead atoms. The van der Waals surface area contributed by atoms with E-state index in [2.05, 4.69) is 0 Å². The van der Waals surface area contributed by atoms with Crippen LogP contribution in [-0.4, -0.2) is 73.1 Å². The molecule has 0 radical (unpaired) electrons. The summed E-state index contributed by atoms with van der Waals surface area (Å²) >= 11 is 0. The Labute approximate surface area is 122 Å². The molecule has 21 heavy (non-hydrogen) atoms. The summed E-state index contributed by atoms with van der Waals surface area (Å²) in [5.74, 6) is -1.76. The van der Waals surface area contributed by atoms with E-state index in [0.29, 0.717) is 13.0 Å². The van der Waals surface area contributed by atoms with Crippen molar-refractivity contribution in [2.24, 2.45) is 0 Å². The lowest BCUT2D eigenvalue weighted by molar-refractivity contribution is 0.0656. The van der Waals surface area contributed by atoms with Gasteiger partial charge < -0.3 is 19.5 Å². The lowest BCUT2D eigenvalue weighted by Gasteiger charge is -2.25. The first kappa shape index (κ1) is 16.0. The lowest BCUT2D eigenvalue weighted by Crippen LogP contribution is -2.41. The molecule has 118 valence electrons. The third-order valence-corrected chi connectivity index (χ3v) is 5.07. The summed E-state index contributed by atoms with van der Waals surface area (Å²) in [5.41, 5.74) is 0. The Bertz CT molecular complexity index is 623. The topological polar surface area (TPSA) is 111 Å². The molecule has 0 amide bonds. The number of carbonyl (C=O) groups is 1. The molecule has 1 fully saturated rings. The molecule has 9 heteroatoms. The largest absolute Gasteiger partial charge is 0.475 e. The van der Waals surface area contributed by atoms with E-state index in [1.165, 1.54) is 4.31 Å². The van der Waals surface area contributed by atoms with Crippen molar-refractivity contribution in [1.29, 1.82) is 0 Å². The summed E-state index contributed by atoms with van der Waals surface area (Å²) in [4.78, 5) is 12.6. The molecule has 0 saturated carbocycles. The molecule has 1 aromatic heterocycles. The maximum Gasteiger partial charge on any atom is 0.371 e. The number of aromatic carboxylic acids is 1. The molecule has 0 spiro atoms. The van der Waals surface area contributed by atoms with Crippen molar-refractivity contribution in [2.75, 3.05) is 27.2 Å². The standard InChI is InChI=1S/C12H18N2O6S/c1-13(2)6-8-5-9(15)7-14(8)21(18,19)11-4-3-10(20-11)12(16)17/h3-4,8-9,15H,5-7H2,1-2H3,(H,16,17). The third kappa shape index (κ3) is 3.26. The summed E-state index contributed by atoms with van der Waals surface area (Å²) in [6, 6.07) is 1.84. The molecule has 1 saturated heterocycles. The predicted molar refractivity (Wildman–Crippen MR) is 72.5 cm³/mol. The van der Waals surface area contributed by atoms with Crippen LogP contribution in [0.5, 0.6) is 0 Å². The molecule has 8 nitrogen and oxygen atoms in total. The zero-order valence-electron chi connectivity index (χ0n) is 11.8. The summed E-state index contributed by atoms with van der Waals surface area (Å²) in [7, 11) is -0.342. The number of rotatable bonds is 5. The average Bonchev–Trinajstić information content (AvgIpc) is 2.95. The minimum atomic E-state index is -3.96. The average molecular weight is 318 g/mol. The molecule has 2 rings (SSSR count). The van der Waals surface area contributed by atoms with Gasteiger partial charge in [-0.05, 0) is 32.6 Å². The van der Waals surface area contributed by atoms with Gasteiger partial charge in [-0.25, -0.2) is 13.2 Å². The minimum absolute atomic E-state index is 0.0239. The van der Waals surface area contributed by atoms with Crippen molar-refractivity contribution in [3.63, 3.8) is 0 Å². The Morgan fingerprint density at radius 2 is 2.14 bits per heavy atom.